The van der Waals surface area contributed by atoms with Crippen LogP contribution in [0.5, 0.6) is 0 Å². The molecular weight excluding hydrogens is 293 g/mol. The van der Waals surface area contributed by atoms with E-state index in [0.29, 0.717) is 0 Å². The van der Waals surface area contributed by atoms with Crippen LogP contribution in [0.4, 0.5) is 30.6 Å². The van der Waals surface area contributed by atoms with Gasteiger partial charge >= 0.3 is 6.18 Å². The number of nitrogens with zero attached hydrogens (tertiary/aromatic N) is 2. The van der Waals surface area contributed by atoms with E-state index in [4.69, 9.17) is 11.6 Å². The summed E-state index contributed by atoms with van der Waals surface area (Å²) >= 11 is 5.87. The maximum atomic E-state index is 12.9. The Morgan fingerprint density at radius 1 is 1.20 bits per heavy atom. The molecule has 0 radical (unpaired) electrons. The van der Waals surface area contributed by atoms with Crippen molar-refractivity contribution >= 4 is 29.1 Å². The van der Waals surface area contributed by atoms with Gasteiger partial charge in [-0.15, -0.1) is 0 Å². The molecule has 1 aromatic heterocycles. The summed E-state index contributed by atoms with van der Waals surface area (Å²) in [6, 6.07) is 5.09. The minimum Gasteiger partial charge on any atom is -0.357 e. The molecule has 8 heteroatoms. The van der Waals surface area contributed by atoms with Crippen molar-refractivity contribution in [2.24, 2.45) is 0 Å². The van der Waals surface area contributed by atoms with E-state index in [1.807, 2.05) is 0 Å². The van der Waals surface area contributed by atoms with Crippen molar-refractivity contribution in [3.63, 3.8) is 0 Å². The molecule has 2 rings (SSSR count). The van der Waals surface area contributed by atoms with Crippen LogP contribution in [0.15, 0.2) is 30.5 Å². The van der Waals surface area contributed by atoms with Gasteiger partial charge in [-0.05, 0) is 12.1 Å². The minimum absolute atomic E-state index is 0.0997. The number of rotatable bonds is 3. The molecule has 0 atom stereocenters. The fraction of sp³-hybridized carbons (Fsp3) is 0.167. The smallest absolute Gasteiger partial charge is 0.357 e. The lowest BCUT2D eigenvalue weighted by Crippen LogP contribution is -2.09. The molecule has 0 spiro atoms. The average molecular weight is 303 g/mol. The number of halogens is 4. The highest BCUT2D eigenvalue weighted by Gasteiger charge is 2.33. The molecule has 0 aliphatic rings. The second kappa shape index (κ2) is 5.54. The Kier molecular flexibility index (Phi) is 3.99. The van der Waals surface area contributed by atoms with E-state index < -0.39 is 11.7 Å². The van der Waals surface area contributed by atoms with Crippen LogP contribution >= 0.6 is 11.6 Å². The van der Waals surface area contributed by atoms with E-state index >= 15 is 0 Å². The Morgan fingerprint density at radius 3 is 2.55 bits per heavy atom. The van der Waals surface area contributed by atoms with Gasteiger partial charge in [0.15, 0.2) is 5.82 Å². The molecule has 0 unspecified atom stereocenters. The van der Waals surface area contributed by atoms with Crippen molar-refractivity contribution in [3.8, 4) is 0 Å². The number of para-hydroxylation sites is 1. The number of nitrogens with one attached hydrogen (secondary N) is 2. The number of aromatic nitrogens is 2. The number of benzene rings is 1. The largest absolute Gasteiger partial charge is 0.418 e. The standard InChI is InChI=1S/C12H10ClF3N4/c1-17-11-18-6-8(13)10(20-11)19-9-5-3-2-4-7(9)12(14,15)16/h2-6H,1H3,(H2,17,18,19,20). The maximum Gasteiger partial charge on any atom is 0.418 e. The summed E-state index contributed by atoms with van der Waals surface area (Å²) in [5.41, 5.74) is -0.914. The van der Waals surface area contributed by atoms with Gasteiger partial charge in [0, 0.05) is 7.05 Å². The summed E-state index contributed by atoms with van der Waals surface area (Å²) in [6.45, 7) is 0. The number of hydrogen-bond acceptors (Lipinski definition) is 4. The van der Waals surface area contributed by atoms with Gasteiger partial charge in [-0.25, -0.2) is 4.98 Å². The Bertz CT molecular complexity index is 616. The fourth-order valence-corrected chi connectivity index (χ4v) is 1.68. The molecule has 4 nitrogen and oxygen atoms in total. The highest BCUT2D eigenvalue weighted by atomic mass is 35.5. The highest BCUT2D eigenvalue weighted by molar-refractivity contribution is 6.32. The third kappa shape index (κ3) is 3.11. The van der Waals surface area contributed by atoms with Crippen LogP contribution in [0.25, 0.3) is 0 Å². The second-order valence-corrected chi connectivity index (χ2v) is 4.22. The molecule has 0 fully saturated rings. The molecule has 0 bridgehead atoms. The lowest BCUT2D eigenvalue weighted by Gasteiger charge is -2.14. The van der Waals surface area contributed by atoms with Gasteiger partial charge in [0.05, 0.1) is 17.4 Å². The molecule has 2 N–H and O–H groups in total. The summed E-state index contributed by atoms with van der Waals surface area (Å²) in [5.74, 6) is 0.351. The van der Waals surface area contributed by atoms with Crippen LogP contribution in [0.1, 0.15) is 5.56 Å². The normalized spacial score (nSPS) is 11.2. The van der Waals surface area contributed by atoms with E-state index in [1.54, 1.807) is 7.05 Å². The van der Waals surface area contributed by atoms with Crippen LogP contribution in [-0.4, -0.2) is 17.0 Å². The van der Waals surface area contributed by atoms with Gasteiger partial charge in [-0.2, -0.15) is 18.2 Å². The Hall–Kier alpha value is -2.02. The topological polar surface area (TPSA) is 49.8 Å². The van der Waals surface area contributed by atoms with E-state index in [-0.39, 0.29) is 22.5 Å². The molecule has 20 heavy (non-hydrogen) atoms. The van der Waals surface area contributed by atoms with E-state index in [2.05, 4.69) is 20.6 Å². The van der Waals surface area contributed by atoms with Crippen molar-refractivity contribution in [2.45, 2.75) is 6.18 Å². The summed E-state index contributed by atoms with van der Waals surface area (Å²) in [4.78, 5) is 7.83. The molecule has 1 heterocycles. The van der Waals surface area contributed by atoms with Crippen molar-refractivity contribution < 1.29 is 13.2 Å². The first-order chi connectivity index (χ1) is 9.41. The molecule has 1 aromatic carbocycles. The quantitative estimate of drug-likeness (QED) is 0.902. The molecule has 0 aliphatic carbocycles. The third-order valence-corrected chi connectivity index (χ3v) is 2.73. The van der Waals surface area contributed by atoms with Gasteiger partial charge in [-0.3, -0.25) is 0 Å². The molecule has 0 saturated carbocycles. The van der Waals surface area contributed by atoms with Crippen LogP contribution in [0.3, 0.4) is 0 Å². The van der Waals surface area contributed by atoms with Gasteiger partial charge < -0.3 is 10.6 Å². The van der Waals surface area contributed by atoms with Gasteiger partial charge in [0.1, 0.15) is 5.02 Å². The summed E-state index contributed by atoms with van der Waals surface area (Å²) in [6.07, 6.45) is -3.16. The predicted molar refractivity (Wildman–Crippen MR) is 71.3 cm³/mol. The van der Waals surface area contributed by atoms with Crippen molar-refractivity contribution in [1.29, 1.82) is 0 Å². The van der Waals surface area contributed by atoms with Crippen molar-refractivity contribution in [1.82, 2.24) is 9.97 Å². The molecule has 106 valence electrons. The summed E-state index contributed by atoms with van der Waals surface area (Å²) < 4.78 is 38.6. The first-order valence-corrected chi connectivity index (χ1v) is 5.93. The molecule has 2 aromatic rings. The SMILES string of the molecule is CNc1ncc(Cl)c(Nc2ccccc2C(F)(F)F)n1. The third-order valence-electron chi connectivity index (χ3n) is 2.45. The van der Waals surface area contributed by atoms with Gasteiger partial charge in [-0.1, -0.05) is 23.7 Å². The monoisotopic (exact) mass is 302 g/mol. The highest BCUT2D eigenvalue weighted by Crippen LogP contribution is 2.36. The number of anilines is 3. The first-order valence-electron chi connectivity index (χ1n) is 5.55. The van der Waals surface area contributed by atoms with Crippen LogP contribution in [0.2, 0.25) is 5.02 Å². The van der Waals surface area contributed by atoms with Crippen LogP contribution < -0.4 is 10.6 Å². The summed E-state index contributed by atoms with van der Waals surface area (Å²) in [5, 5.41) is 5.39. The zero-order valence-corrected chi connectivity index (χ0v) is 11.0. The van der Waals surface area contributed by atoms with Crippen molar-refractivity contribution in [2.75, 3.05) is 17.7 Å². The maximum absolute atomic E-state index is 12.9. The number of hydrogen-bond donors (Lipinski definition) is 2. The zero-order valence-electron chi connectivity index (χ0n) is 10.3. The lowest BCUT2D eigenvalue weighted by molar-refractivity contribution is -0.136. The zero-order chi connectivity index (χ0) is 14.8. The first kappa shape index (κ1) is 14.4. The van der Waals surface area contributed by atoms with E-state index in [9.17, 15) is 13.2 Å². The average Bonchev–Trinajstić information content (AvgIpc) is 2.41. The van der Waals surface area contributed by atoms with Gasteiger partial charge in [0.25, 0.3) is 0 Å². The molecule has 0 amide bonds. The van der Waals surface area contributed by atoms with Crippen molar-refractivity contribution in [3.05, 3.63) is 41.0 Å². The molecule has 0 saturated heterocycles. The van der Waals surface area contributed by atoms with Crippen LogP contribution in [-0.2, 0) is 6.18 Å². The Morgan fingerprint density at radius 2 is 1.90 bits per heavy atom. The minimum atomic E-state index is -4.46. The van der Waals surface area contributed by atoms with Gasteiger partial charge in [0.2, 0.25) is 5.95 Å². The summed E-state index contributed by atoms with van der Waals surface area (Å²) in [7, 11) is 1.59. The van der Waals surface area contributed by atoms with Crippen LogP contribution in [0, 0.1) is 0 Å². The number of alkyl halides is 3. The van der Waals surface area contributed by atoms with E-state index in [1.165, 1.54) is 24.4 Å². The predicted octanol–water partition coefficient (Wildman–Crippen LogP) is 3.93. The Labute approximate surface area is 118 Å². The second-order valence-electron chi connectivity index (χ2n) is 3.81. The molecule has 0 aliphatic heterocycles. The Balaban J connectivity index is 2.40. The van der Waals surface area contributed by atoms with E-state index in [0.717, 1.165) is 6.07 Å². The fourth-order valence-electron chi connectivity index (χ4n) is 1.54. The molecular formula is C12H10ClF3N4. The lowest BCUT2D eigenvalue weighted by atomic mass is 10.1.